The fourth-order valence-electron chi connectivity index (χ4n) is 3.15. The number of carboxylic acids is 1. The lowest BCUT2D eigenvalue weighted by Gasteiger charge is -2.20. The van der Waals surface area contributed by atoms with Crippen LogP contribution in [0.4, 0.5) is 0 Å². The molecule has 0 saturated carbocycles. The third-order valence-corrected chi connectivity index (χ3v) is 5.84. The lowest BCUT2D eigenvalue weighted by atomic mass is 10.0. The first kappa shape index (κ1) is 24.2. The molecule has 33 heavy (non-hydrogen) atoms. The maximum Gasteiger partial charge on any atom is 0.390 e. The van der Waals surface area contributed by atoms with Gasteiger partial charge in [-0.05, 0) is 35.2 Å². The van der Waals surface area contributed by atoms with Crippen molar-refractivity contribution in [1.82, 2.24) is 10.6 Å². The second-order valence-corrected chi connectivity index (χ2v) is 9.11. The van der Waals surface area contributed by atoms with Crippen molar-refractivity contribution < 1.29 is 28.7 Å². The first-order chi connectivity index (χ1) is 15.8. The smallest absolute Gasteiger partial charge is 0.390 e. The van der Waals surface area contributed by atoms with Crippen molar-refractivity contribution in [1.29, 1.82) is 0 Å². The summed E-state index contributed by atoms with van der Waals surface area (Å²) in [5, 5.41) is 13.9. The Hall–Kier alpha value is -3.45. The van der Waals surface area contributed by atoms with Crippen LogP contribution in [0, 0.1) is 0 Å². The first-order valence-electron chi connectivity index (χ1n) is 10.3. The highest BCUT2D eigenvalue weighted by Gasteiger charge is 2.26. The molecule has 3 aromatic rings. The van der Waals surface area contributed by atoms with Gasteiger partial charge in [0.05, 0.1) is 6.04 Å². The van der Waals surface area contributed by atoms with Crippen molar-refractivity contribution in [2.24, 2.45) is 0 Å². The van der Waals surface area contributed by atoms with E-state index in [-0.39, 0.29) is 12.2 Å². The van der Waals surface area contributed by atoms with Crippen LogP contribution in [0.3, 0.4) is 0 Å². The number of carbonyl (C=O) groups is 2. The highest BCUT2D eigenvalue weighted by atomic mass is 31.2. The number of carbonyl (C=O) groups excluding carboxylic acids is 1. The number of rotatable bonds is 11. The van der Waals surface area contributed by atoms with E-state index in [0.29, 0.717) is 0 Å². The number of nitrogens with one attached hydrogen (secondary N) is 2. The van der Waals surface area contributed by atoms with Crippen molar-refractivity contribution >= 4 is 19.5 Å². The van der Waals surface area contributed by atoms with Crippen LogP contribution in [0.5, 0.6) is 5.75 Å². The van der Waals surface area contributed by atoms with E-state index in [9.17, 15) is 19.0 Å². The fourth-order valence-corrected chi connectivity index (χ4v) is 4.11. The van der Waals surface area contributed by atoms with Crippen LogP contribution in [0.15, 0.2) is 84.9 Å². The minimum Gasteiger partial charge on any atom is -0.480 e. The van der Waals surface area contributed by atoms with Crippen LogP contribution in [-0.4, -0.2) is 40.7 Å². The zero-order chi connectivity index (χ0) is 23.7. The lowest BCUT2D eigenvalue weighted by Crippen LogP contribution is -2.47. The summed E-state index contributed by atoms with van der Waals surface area (Å²) in [6.07, 6.45) is -0.305. The van der Waals surface area contributed by atoms with E-state index in [4.69, 9.17) is 9.63 Å². The van der Waals surface area contributed by atoms with Gasteiger partial charge in [0.1, 0.15) is 18.6 Å². The quantitative estimate of drug-likeness (QED) is 0.318. The molecule has 1 unspecified atom stereocenters. The predicted molar refractivity (Wildman–Crippen MR) is 125 cm³/mol. The molecule has 0 aromatic heterocycles. The highest BCUT2D eigenvalue weighted by molar-refractivity contribution is 7.53. The zero-order valence-corrected chi connectivity index (χ0v) is 18.7. The topological polar surface area (TPSA) is 125 Å². The Kier molecular flexibility index (Phi) is 8.38. The number of para-hydroxylation sites is 1. The van der Waals surface area contributed by atoms with E-state index in [1.807, 2.05) is 54.6 Å². The van der Waals surface area contributed by atoms with Crippen LogP contribution in [-0.2, 0) is 20.6 Å². The van der Waals surface area contributed by atoms with Crippen LogP contribution in [0.25, 0.3) is 11.1 Å². The van der Waals surface area contributed by atoms with Crippen LogP contribution in [0.2, 0.25) is 0 Å². The third kappa shape index (κ3) is 7.88. The molecule has 0 aliphatic carbocycles. The molecule has 0 spiro atoms. The second-order valence-electron chi connectivity index (χ2n) is 7.34. The molecule has 0 heterocycles. The monoisotopic (exact) mass is 468 g/mol. The van der Waals surface area contributed by atoms with Crippen molar-refractivity contribution in [3.05, 3.63) is 90.5 Å². The Morgan fingerprint density at radius 2 is 1.45 bits per heavy atom. The molecule has 172 valence electrons. The van der Waals surface area contributed by atoms with Crippen molar-refractivity contribution in [2.45, 2.75) is 12.5 Å². The van der Waals surface area contributed by atoms with E-state index < -0.39 is 38.3 Å². The Morgan fingerprint density at radius 1 is 0.879 bits per heavy atom. The van der Waals surface area contributed by atoms with Gasteiger partial charge in [-0.1, -0.05) is 72.8 Å². The largest absolute Gasteiger partial charge is 0.480 e. The lowest BCUT2D eigenvalue weighted by molar-refractivity contribution is -0.138. The third-order valence-electron chi connectivity index (χ3n) is 4.76. The summed E-state index contributed by atoms with van der Waals surface area (Å²) in [4.78, 5) is 33.6. The molecule has 9 heteroatoms. The summed E-state index contributed by atoms with van der Waals surface area (Å²) in [6, 6.07) is 24.6. The number of aliphatic carboxylic acids is 1. The molecule has 0 aliphatic heterocycles. The Bertz CT molecular complexity index is 1110. The molecule has 4 N–H and O–H groups in total. The summed E-state index contributed by atoms with van der Waals surface area (Å²) >= 11 is 0. The predicted octanol–water partition coefficient (Wildman–Crippen LogP) is 3.28. The van der Waals surface area contributed by atoms with E-state index in [1.165, 1.54) is 0 Å². The van der Waals surface area contributed by atoms with Gasteiger partial charge in [-0.25, -0.2) is 4.57 Å². The minimum atomic E-state index is -4.11. The number of benzene rings is 3. The molecule has 0 fully saturated rings. The maximum atomic E-state index is 12.6. The second kappa shape index (κ2) is 11.4. The number of hydrogen-bond acceptors (Lipinski definition) is 5. The molecule has 3 rings (SSSR count). The van der Waals surface area contributed by atoms with Crippen LogP contribution < -0.4 is 15.2 Å². The molecule has 8 nitrogen and oxygen atoms in total. The Labute approximate surface area is 191 Å². The summed E-state index contributed by atoms with van der Waals surface area (Å²) in [7, 11) is -4.11. The summed E-state index contributed by atoms with van der Waals surface area (Å²) in [6.45, 7) is -0.554. The standard InChI is InChI=1S/C24H25N2O6P/c27-23(28)16-25-24(29)22(26-17-33(30,31)32-21-9-5-2-6-10-21)15-18-11-13-20(14-12-18)19-7-3-1-4-8-19/h1-14,22,26H,15-17H2,(H,25,29)(H,27,28)(H,30,31)/t22-/m0/s1. The summed E-state index contributed by atoms with van der Waals surface area (Å²) in [5.41, 5.74) is 2.86. The molecular formula is C24H25N2O6P. The van der Waals surface area contributed by atoms with Crippen molar-refractivity contribution in [3.63, 3.8) is 0 Å². The van der Waals surface area contributed by atoms with E-state index in [2.05, 4.69) is 10.6 Å². The van der Waals surface area contributed by atoms with Gasteiger partial charge in [-0.15, -0.1) is 0 Å². The summed E-state index contributed by atoms with van der Waals surface area (Å²) in [5.74, 6) is -1.55. The van der Waals surface area contributed by atoms with Gasteiger partial charge in [0, 0.05) is 0 Å². The van der Waals surface area contributed by atoms with Crippen molar-refractivity contribution in [2.75, 3.05) is 12.8 Å². The van der Waals surface area contributed by atoms with E-state index in [0.717, 1.165) is 16.7 Å². The maximum absolute atomic E-state index is 12.6. The number of hydrogen-bond donors (Lipinski definition) is 4. The van der Waals surface area contributed by atoms with Gasteiger partial charge >= 0.3 is 13.6 Å². The fraction of sp³-hybridized carbons (Fsp3) is 0.167. The average Bonchev–Trinajstić information content (AvgIpc) is 2.81. The van der Waals surface area contributed by atoms with Gasteiger partial charge in [0.15, 0.2) is 0 Å². The Morgan fingerprint density at radius 3 is 2.06 bits per heavy atom. The zero-order valence-electron chi connectivity index (χ0n) is 17.8. The Balaban J connectivity index is 1.69. The molecule has 3 aromatic carbocycles. The molecule has 0 bridgehead atoms. The number of amides is 1. The van der Waals surface area contributed by atoms with Gasteiger partial charge in [-0.3, -0.25) is 14.9 Å². The molecule has 1 amide bonds. The normalized spacial score (nSPS) is 13.5. The highest BCUT2D eigenvalue weighted by Crippen LogP contribution is 2.41. The SMILES string of the molecule is O=C(O)CNC(=O)[C@H](Cc1ccc(-c2ccccc2)cc1)NCP(=O)(O)Oc1ccccc1. The number of carboxylic acid groups (broad SMARTS) is 1. The van der Waals surface area contributed by atoms with Gasteiger partial charge in [0.2, 0.25) is 5.91 Å². The van der Waals surface area contributed by atoms with Gasteiger partial charge in [-0.2, -0.15) is 0 Å². The summed E-state index contributed by atoms with van der Waals surface area (Å²) < 4.78 is 17.6. The average molecular weight is 468 g/mol. The minimum absolute atomic E-state index is 0.186. The van der Waals surface area contributed by atoms with Gasteiger partial charge < -0.3 is 19.8 Å². The van der Waals surface area contributed by atoms with E-state index >= 15 is 0 Å². The molecule has 0 aliphatic rings. The molecule has 2 atom stereocenters. The molecular weight excluding hydrogens is 443 g/mol. The van der Waals surface area contributed by atoms with Crippen molar-refractivity contribution in [3.8, 4) is 16.9 Å². The van der Waals surface area contributed by atoms with Crippen LogP contribution in [0.1, 0.15) is 5.56 Å². The van der Waals surface area contributed by atoms with E-state index in [1.54, 1.807) is 30.3 Å². The van der Waals surface area contributed by atoms with Crippen LogP contribution >= 0.6 is 7.60 Å². The van der Waals surface area contributed by atoms with Gasteiger partial charge in [0.25, 0.3) is 0 Å². The first-order valence-corrected chi connectivity index (χ1v) is 12.0. The molecule has 0 saturated heterocycles. The molecule has 0 radical (unpaired) electrons.